The van der Waals surface area contributed by atoms with Crippen LogP contribution in [-0.2, 0) is 14.0 Å². The van der Waals surface area contributed by atoms with Crippen LogP contribution in [0.1, 0.15) is 19.3 Å². The van der Waals surface area contributed by atoms with E-state index < -0.39 is 9.23 Å². The standard InChI is InChI=1S/C5H7ClO.Cl2OS/c6-5(7)3-4-1-2-4;1-4(2)3/h4H,1-3H2;. The van der Waals surface area contributed by atoms with Crippen molar-refractivity contribution in [3.63, 3.8) is 0 Å². The smallest absolute Gasteiger partial charge is 0.221 e. The van der Waals surface area contributed by atoms with E-state index in [4.69, 9.17) is 15.8 Å². The average molecular weight is 238 g/mol. The molecular weight excluding hydrogens is 230 g/mol. The summed E-state index contributed by atoms with van der Waals surface area (Å²) in [6.45, 7) is 0. The van der Waals surface area contributed by atoms with Crippen LogP contribution in [0.25, 0.3) is 0 Å². The number of carbonyl (C=O) groups is 1. The van der Waals surface area contributed by atoms with E-state index in [0.29, 0.717) is 12.3 Å². The molecule has 0 radical (unpaired) electrons. The quantitative estimate of drug-likeness (QED) is 0.692. The Balaban J connectivity index is 0.000000218. The van der Waals surface area contributed by atoms with Crippen molar-refractivity contribution >= 4 is 47.4 Å². The molecule has 0 unspecified atom stereocenters. The third-order valence-corrected chi connectivity index (χ3v) is 1.30. The van der Waals surface area contributed by atoms with Crippen LogP contribution in [0, 0.1) is 5.92 Å². The van der Waals surface area contributed by atoms with Gasteiger partial charge in [0.15, 0.2) is 0 Å². The van der Waals surface area contributed by atoms with Gasteiger partial charge in [0.1, 0.15) is 0 Å². The monoisotopic (exact) mass is 236 g/mol. The molecule has 1 saturated carbocycles. The van der Waals surface area contributed by atoms with Gasteiger partial charge in [-0.25, -0.2) is 4.21 Å². The molecule has 1 fully saturated rings. The summed E-state index contributed by atoms with van der Waals surface area (Å²) in [5.41, 5.74) is 0. The van der Waals surface area contributed by atoms with Gasteiger partial charge in [0.05, 0.1) is 0 Å². The van der Waals surface area contributed by atoms with E-state index in [1.54, 1.807) is 0 Å². The molecule has 0 aromatic heterocycles. The van der Waals surface area contributed by atoms with E-state index >= 15 is 0 Å². The van der Waals surface area contributed by atoms with Crippen molar-refractivity contribution in [1.82, 2.24) is 0 Å². The summed E-state index contributed by atoms with van der Waals surface area (Å²) in [6.07, 6.45) is 3.01. The Labute approximate surface area is 81.7 Å². The predicted octanol–water partition coefficient (Wildman–Crippen LogP) is 2.59. The first kappa shape index (κ1) is 11.7. The van der Waals surface area contributed by atoms with Crippen molar-refractivity contribution in [2.24, 2.45) is 5.92 Å². The van der Waals surface area contributed by atoms with Crippen LogP contribution in [-0.4, -0.2) is 9.45 Å². The molecule has 0 aromatic rings. The van der Waals surface area contributed by atoms with E-state index in [0.717, 1.165) is 0 Å². The summed E-state index contributed by atoms with van der Waals surface area (Å²) in [5, 5.41) is -0.178. The van der Waals surface area contributed by atoms with Crippen LogP contribution >= 0.6 is 33.0 Å². The van der Waals surface area contributed by atoms with Crippen LogP contribution in [0.3, 0.4) is 0 Å². The Kier molecular flexibility index (Phi) is 6.62. The molecule has 1 rings (SSSR count). The first-order chi connectivity index (χ1) is 5.02. The fourth-order valence-corrected chi connectivity index (χ4v) is 0.767. The Hall–Kier alpha value is 0.690. The Morgan fingerprint density at radius 3 is 1.91 bits per heavy atom. The van der Waals surface area contributed by atoms with Crippen LogP contribution in [0.5, 0.6) is 0 Å². The van der Waals surface area contributed by atoms with Gasteiger partial charge in [0.2, 0.25) is 14.5 Å². The van der Waals surface area contributed by atoms with Crippen LogP contribution in [0.2, 0.25) is 0 Å². The lowest BCUT2D eigenvalue weighted by Gasteiger charge is -1.81. The molecule has 0 N–H and O–H groups in total. The molecule has 2 nitrogen and oxygen atoms in total. The fourth-order valence-electron chi connectivity index (χ4n) is 0.549. The SMILES string of the molecule is O=C(Cl)CC1CC1.O=S(Cl)Cl. The summed E-state index contributed by atoms with van der Waals surface area (Å²) < 4.78 is 9.09. The van der Waals surface area contributed by atoms with Gasteiger partial charge < -0.3 is 0 Å². The zero-order valence-corrected chi connectivity index (χ0v) is 8.64. The van der Waals surface area contributed by atoms with Crippen LogP contribution in [0.4, 0.5) is 0 Å². The molecule has 66 valence electrons. The Bertz CT molecular complexity index is 154. The van der Waals surface area contributed by atoms with Gasteiger partial charge in [-0.1, -0.05) is 0 Å². The maximum Gasteiger partial charge on any atom is 0.221 e. The highest BCUT2D eigenvalue weighted by atomic mass is 36.0. The minimum Gasteiger partial charge on any atom is -0.281 e. The minimum absolute atomic E-state index is 0.178. The van der Waals surface area contributed by atoms with Crippen LogP contribution in [0.15, 0.2) is 0 Å². The maximum absolute atomic E-state index is 10.1. The molecule has 1 aliphatic rings. The molecule has 6 heteroatoms. The fraction of sp³-hybridized carbons (Fsp3) is 0.800. The van der Waals surface area contributed by atoms with E-state index in [1.165, 1.54) is 12.8 Å². The highest BCUT2D eigenvalue weighted by molar-refractivity contribution is 8.26. The van der Waals surface area contributed by atoms with E-state index in [9.17, 15) is 4.79 Å². The molecule has 0 bridgehead atoms. The first-order valence-electron chi connectivity index (χ1n) is 2.95. The molecule has 0 aromatic carbocycles. The van der Waals surface area contributed by atoms with Crippen molar-refractivity contribution in [2.45, 2.75) is 19.3 Å². The summed E-state index contributed by atoms with van der Waals surface area (Å²) in [7, 11) is 7.36. The topological polar surface area (TPSA) is 34.1 Å². The molecule has 0 saturated heterocycles. The van der Waals surface area contributed by atoms with E-state index in [2.05, 4.69) is 21.4 Å². The van der Waals surface area contributed by atoms with Gasteiger partial charge in [0, 0.05) is 27.8 Å². The molecule has 1 aliphatic carbocycles. The Morgan fingerprint density at radius 2 is 1.82 bits per heavy atom. The zero-order valence-electron chi connectivity index (χ0n) is 5.56. The number of carbonyl (C=O) groups excluding carboxylic acids is 1. The highest BCUT2D eigenvalue weighted by Crippen LogP contribution is 2.32. The van der Waals surface area contributed by atoms with Crippen molar-refractivity contribution in [3.8, 4) is 0 Å². The second-order valence-corrected chi connectivity index (χ2v) is 5.13. The molecule has 0 spiro atoms. The molecule has 11 heavy (non-hydrogen) atoms. The largest absolute Gasteiger partial charge is 0.281 e. The average Bonchev–Trinajstić information content (AvgIpc) is 2.45. The molecule has 0 atom stereocenters. The lowest BCUT2D eigenvalue weighted by molar-refractivity contribution is -0.111. The maximum atomic E-state index is 10.1. The molecule has 0 aliphatic heterocycles. The lowest BCUT2D eigenvalue weighted by Crippen LogP contribution is -1.84. The zero-order chi connectivity index (χ0) is 8.85. The molecular formula is C5H7Cl3O2S. The predicted molar refractivity (Wildman–Crippen MR) is 48.0 cm³/mol. The second kappa shape index (κ2) is 6.23. The van der Waals surface area contributed by atoms with E-state index in [-0.39, 0.29) is 5.24 Å². The number of rotatable bonds is 2. The second-order valence-electron chi connectivity index (χ2n) is 2.19. The third-order valence-electron chi connectivity index (χ3n) is 1.15. The van der Waals surface area contributed by atoms with Crippen molar-refractivity contribution < 1.29 is 9.00 Å². The third kappa shape index (κ3) is 13.7. The van der Waals surface area contributed by atoms with Gasteiger partial charge in [-0.3, -0.25) is 4.79 Å². The summed E-state index contributed by atoms with van der Waals surface area (Å²) >= 11 is 5.07. The van der Waals surface area contributed by atoms with Gasteiger partial charge in [-0.05, 0) is 30.4 Å². The number of hydrogen-bond acceptors (Lipinski definition) is 2. The number of halogens is 3. The van der Waals surface area contributed by atoms with Crippen molar-refractivity contribution in [3.05, 3.63) is 0 Å². The molecule has 0 heterocycles. The lowest BCUT2D eigenvalue weighted by atomic mass is 10.3. The Morgan fingerprint density at radius 1 is 1.45 bits per heavy atom. The number of hydrogen-bond donors (Lipinski definition) is 0. The van der Waals surface area contributed by atoms with E-state index in [1.807, 2.05) is 0 Å². The summed E-state index contributed by atoms with van der Waals surface area (Å²) in [4.78, 5) is 10.1. The van der Waals surface area contributed by atoms with Gasteiger partial charge in [0.25, 0.3) is 0 Å². The highest BCUT2D eigenvalue weighted by Gasteiger charge is 2.22. The van der Waals surface area contributed by atoms with Gasteiger partial charge in [-0.15, -0.1) is 0 Å². The minimum atomic E-state index is -1.67. The normalized spacial score (nSPS) is 15.6. The first-order valence-corrected chi connectivity index (χ1v) is 6.13. The van der Waals surface area contributed by atoms with Crippen LogP contribution < -0.4 is 0 Å². The van der Waals surface area contributed by atoms with Gasteiger partial charge in [-0.2, -0.15) is 0 Å². The molecule has 0 amide bonds. The summed E-state index contributed by atoms with van der Waals surface area (Å²) in [6, 6.07) is 0. The van der Waals surface area contributed by atoms with Gasteiger partial charge >= 0.3 is 0 Å². The van der Waals surface area contributed by atoms with Crippen molar-refractivity contribution in [1.29, 1.82) is 0 Å². The van der Waals surface area contributed by atoms with Crippen molar-refractivity contribution in [2.75, 3.05) is 0 Å². The summed E-state index contributed by atoms with van der Waals surface area (Å²) in [5.74, 6) is 0.644.